The van der Waals surface area contributed by atoms with Crippen molar-refractivity contribution >= 4 is 32.8 Å². The van der Waals surface area contributed by atoms with Gasteiger partial charge in [0.1, 0.15) is 0 Å². The Bertz CT molecular complexity index is 544. The first-order valence-electron chi connectivity index (χ1n) is 5.33. The summed E-state index contributed by atoms with van der Waals surface area (Å²) in [6, 6.07) is 5.15. The van der Waals surface area contributed by atoms with Crippen LogP contribution in [-0.4, -0.2) is 25.5 Å². The quantitative estimate of drug-likeness (QED) is 0.808. The van der Waals surface area contributed by atoms with Crippen LogP contribution in [-0.2, 0) is 9.84 Å². The summed E-state index contributed by atoms with van der Waals surface area (Å²) < 4.78 is 23.0. The molecule has 1 fully saturated rings. The summed E-state index contributed by atoms with van der Waals surface area (Å²) in [5.74, 6) is 0.367. The Balaban J connectivity index is 2.22. The fraction of sp³-hybridized carbons (Fsp3) is 0.455. The summed E-state index contributed by atoms with van der Waals surface area (Å²) in [7, 11) is -2.92. The zero-order valence-corrected chi connectivity index (χ0v) is 11.1. The molecule has 0 bridgehead atoms. The van der Waals surface area contributed by atoms with Gasteiger partial charge in [0.05, 0.1) is 22.9 Å². The van der Waals surface area contributed by atoms with Gasteiger partial charge in [-0.05, 0) is 31.5 Å². The number of nitrogens with one attached hydrogen (secondary N) is 1. The average Bonchev–Trinajstić information content (AvgIpc) is 2.46. The van der Waals surface area contributed by atoms with Gasteiger partial charge in [-0.1, -0.05) is 11.6 Å². The monoisotopic (exact) mass is 274 g/mol. The van der Waals surface area contributed by atoms with E-state index in [1.54, 1.807) is 18.2 Å². The molecule has 2 rings (SSSR count). The van der Waals surface area contributed by atoms with Gasteiger partial charge in [0.25, 0.3) is 0 Å². The van der Waals surface area contributed by atoms with Crippen LogP contribution in [0.1, 0.15) is 13.3 Å². The van der Waals surface area contributed by atoms with Gasteiger partial charge in [-0.2, -0.15) is 0 Å². The minimum absolute atomic E-state index is 0.141. The maximum absolute atomic E-state index is 11.5. The van der Waals surface area contributed by atoms with Crippen molar-refractivity contribution < 1.29 is 8.42 Å². The molecule has 1 aromatic rings. The molecule has 3 N–H and O–H groups in total. The molecule has 4 nitrogen and oxygen atoms in total. The molecule has 94 valence electrons. The molecule has 0 saturated carbocycles. The summed E-state index contributed by atoms with van der Waals surface area (Å²) in [6.45, 7) is 1.89. The van der Waals surface area contributed by atoms with Gasteiger partial charge >= 0.3 is 0 Å². The number of rotatable bonds is 2. The van der Waals surface area contributed by atoms with Gasteiger partial charge in [0, 0.05) is 10.6 Å². The predicted molar refractivity (Wildman–Crippen MR) is 71.2 cm³/mol. The number of sulfone groups is 1. The molecule has 0 radical (unpaired) electrons. The maximum atomic E-state index is 11.5. The van der Waals surface area contributed by atoms with Crippen LogP contribution in [0.5, 0.6) is 0 Å². The molecule has 0 amide bonds. The highest BCUT2D eigenvalue weighted by molar-refractivity contribution is 7.91. The third-order valence-electron chi connectivity index (χ3n) is 2.95. The highest BCUT2D eigenvalue weighted by Gasteiger charge is 2.38. The molecule has 0 aliphatic carbocycles. The van der Waals surface area contributed by atoms with Crippen molar-refractivity contribution in [1.82, 2.24) is 0 Å². The number of hydrogen-bond donors (Lipinski definition) is 2. The minimum Gasteiger partial charge on any atom is -0.397 e. The molecule has 1 unspecified atom stereocenters. The molecule has 1 aromatic carbocycles. The normalized spacial score (nSPS) is 26.9. The van der Waals surface area contributed by atoms with Gasteiger partial charge in [-0.15, -0.1) is 0 Å². The minimum atomic E-state index is -2.92. The first-order valence-corrected chi connectivity index (χ1v) is 7.53. The standard InChI is InChI=1S/C11H15ClN2O2S/c1-11(4-5-17(15,16)7-11)14-10-3-2-8(12)6-9(10)13/h2-3,6,14H,4-5,7,13H2,1H3. The third kappa shape index (κ3) is 2.84. The molecule has 0 spiro atoms. The van der Waals surface area contributed by atoms with Gasteiger partial charge in [0.2, 0.25) is 0 Å². The third-order valence-corrected chi connectivity index (χ3v) is 5.09. The molecule has 17 heavy (non-hydrogen) atoms. The number of benzene rings is 1. The topological polar surface area (TPSA) is 72.2 Å². The van der Waals surface area contributed by atoms with E-state index in [0.717, 1.165) is 5.69 Å². The van der Waals surface area contributed by atoms with E-state index in [4.69, 9.17) is 17.3 Å². The largest absolute Gasteiger partial charge is 0.397 e. The number of anilines is 2. The molecule has 1 aliphatic heterocycles. The summed E-state index contributed by atoms with van der Waals surface area (Å²) in [6.07, 6.45) is 0.595. The maximum Gasteiger partial charge on any atom is 0.152 e. The van der Waals surface area contributed by atoms with Crippen LogP contribution in [0.15, 0.2) is 18.2 Å². The zero-order valence-electron chi connectivity index (χ0n) is 9.53. The van der Waals surface area contributed by atoms with Crippen molar-refractivity contribution in [2.45, 2.75) is 18.9 Å². The SMILES string of the molecule is CC1(Nc2ccc(Cl)cc2N)CCS(=O)(=O)C1. The van der Waals surface area contributed by atoms with Crippen LogP contribution in [0.3, 0.4) is 0 Å². The second-order valence-corrected chi connectivity index (χ2v) is 7.38. The second-order valence-electron chi connectivity index (χ2n) is 4.76. The molecule has 1 aliphatic rings. The van der Waals surface area contributed by atoms with E-state index >= 15 is 0 Å². The Morgan fingerprint density at radius 3 is 2.71 bits per heavy atom. The van der Waals surface area contributed by atoms with E-state index in [2.05, 4.69) is 5.32 Å². The van der Waals surface area contributed by atoms with Crippen LogP contribution in [0.2, 0.25) is 5.02 Å². The fourth-order valence-electron chi connectivity index (χ4n) is 2.08. The molecule has 1 saturated heterocycles. The summed E-state index contributed by atoms with van der Waals surface area (Å²) in [4.78, 5) is 0. The lowest BCUT2D eigenvalue weighted by Crippen LogP contribution is -2.36. The number of hydrogen-bond acceptors (Lipinski definition) is 4. The van der Waals surface area contributed by atoms with Gasteiger partial charge in [-0.25, -0.2) is 8.42 Å². The second kappa shape index (κ2) is 4.07. The van der Waals surface area contributed by atoms with Crippen molar-refractivity contribution in [2.24, 2.45) is 0 Å². The van der Waals surface area contributed by atoms with Gasteiger partial charge in [0.15, 0.2) is 9.84 Å². The molecular weight excluding hydrogens is 260 g/mol. The van der Waals surface area contributed by atoms with Crippen molar-refractivity contribution in [1.29, 1.82) is 0 Å². The molecule has 0 aromatic heterocycles. The van der Waals surface area contributed by atoms with Crippen molar-refractivity contribution in [3.8, 4) is 0 Å². The van der Waals surface area contributed by atoms with E-state index in [9.17, 15) is 8.42 Å². The highest BCUT2D eigenvalue weighted by Crippen LogP contribution is 2.31. The van der Waals surface area contributed by atoms with Crippen LogP contribution in [0.4, 0.5) is 11.4 Å². The Morgan fingerprint density at radius 2 is 2.18 bits per heavy atom. The predicted octanol–water partition coefficient (Wildman–Crippen LogP) is 1.91. The Labute approximate surface area is 106 Å². The van der Waals surface area contributed by atoms with E-state index < -0.39 is 15.4 Å². The van der Waals surface area contributed by atoms with Crippen molar-refractivity contribution in [3.63, 3.8) is 0 Å². The summed E-state index contributed by atoms with van der Waals surface area (Å²) >= 11 is 5.81. The lowest BCUT2D eigenvalue weighted by molar-refractivity contribution is 0.574. The highest BCUT2D eigenvalue weighted by atomic mass is 35.5. The fourth-order valence-corrected chi connectivity index (χ4v) is 4.36. The van der Waals surface area contributed by atoms with Crippen LogP contribution < -0.4 is 11.1 Å². The first kappa shape index (κ1) is 12.5. The van der Waals surface area contributed by atoms with Crippen LogP contribution >= 0.6 is 11.6 Å². The Kier molecular flexibility index (Phi) is 2.99. The molecule has 6 heteroatoms. The Hall–Kier alpha value is -0.940. The number of nitrogens with two attached hydrogens (primary N) is 1. The van der Waals surface area contributed by atoms with Crippen molar-refractivity contribution in [2.75, 3.05) is 22.6 Å². The average molecular weight is 275 g/mol. The Morgan fingerprint density at radius 1 is 1.47 bits per heavy atom. The lowest BCUT2D eigenvalue weighted by Gasteiger charge is -2.26. The molecular formula is C11H15ClN2O2S. The van der Waals surface area contributed by atoms with E-state index in [-0.39, 0.29) is 11.5 Å². The summed E-state index contributed by atoms with van der Waals surface area (Å²) in [5, 5.41) is 3.77. The summed E-state index contributed by atoms with van der Waals surface area (Å²) in [5.41, 5.74) is 6.65. The van der Waals surface area contributed by atoms with E-state index in [1.165, 1.54) is 0 Å². The first-order chi connectivity index (χ1) is 7.80. The van der Waals surface area contributed by atoms with Gasteiger partial charge < -0.3 is 11.1 Å². The number of halogens is 1. The molecule has 1 heterocycles. The lowest BCUT2D eigenvalue weighted by atomic mass is 10.0. The number of nitrogen functional groups attached to an aromatic ring is 1. The zero-order chi connectivity index (χ0) is 12.7. The van der Waals surface area contributed by atoms with Crippen molar-refractivity contribution in [3.05, 3.63) is 23.2 Å². The van der Waals surface area contributed by atoms with E-state index in [0.29, 0.717) is 17.1 Å². The van der Waals surface area contributed by atoms with Crippen LogP contribution in [0, 0.1) is 0 Å². The molecule has 1 atom stereocenters. The van der Waals surface area contributed by atoms with Crippen LogP contribution in [0.25, 0.3) is 0 Å². The van der Waals surface area contributed by atoms with E-state index in [1.807, 2.05) is 6.92 Å². The van der Waals surface area contributed by atoms with Gasteiger partial charge in [-0.3, -0.25) is 0 Å². The smallest absolute Gasteiger partial charge is 0.152 e.